The number of hydrogen-bond donors (Lipinski definition) is 2. The molecule has 0 aliphatic rings. The van der Waals surface area contributed by atoms with Crippen molar-refractivity contribution in [2.45, 2.75) is 19.6 Å². The van der Waals surface area contributed by atoms with Crippen molar-refractivity contribution in [2.75, 3.05) is 5.32 Å². The molecule has 0 saturated carbocycles. The molecule has 0 aromatic heterocycles. The number of benzene rings is 2. The Morgan fingerprint density at radius 3 is 2.24 bits per heavy atom. The van der Waals surface area contributed by atoms with Gasteiger partial charge in [-0.05, 0) is 30.2 Å². The van der Waals surface area contributed by atoms with Crippen molar-refractivity contribution in [3.63, 3.8) is 0 Å². The molecular formula is C15H17NO. The molecule has 2 aromatic rings. The van der Waals surface area contributed by atoms with Crippen LogP contribution in [0.25, 0.3) is 0 Å². The Bertz CT molecular complexity index is 448. The van der Waals surface area contributed by atoms with Gasteiger partial charge in [-0.3, -0.25) is 0 Å². The molecule has 17 heavy (non-hydrogen) atoms. The number of aliphatic hydroxyl groups is 1. The molecule has 0 radical (unpaired) electrons. The van der Waals surface area contributed by atoms with E-state index in [2.05, 4.69) is 17.4 Å². The smallest absolute Gasteiger partial charge is 0.0761 e. The zero-order valence-electron chi connectivity index (χ0n) is 9.93. The van der Waals surface area contributed by atoms with Gasteiger partial charge in [0.25, 0.3) is 0 Å². The minimum absolute atomic E-state index is 0.404. The van der Waals surface area contributed by atoms with Crippen LogP contribution in [-0.2, 0) is 6.54 Å². The maximum atomic E-state index is 9.40. The van der Waals surface area contributed by atoms with E-state index in [1.807, 2.05) is 42.5 Å². The number of rotatable bonds is 4. The van der Waals surface area contributed by atoms with Crippen LogP contribution in [0, 0.1) is 0 Å². The van der Waals surface area contributed by atoms with Crippen LogP contribution in [0.5, 0.6) is 0 Å². The van der Waals surface area contributed by atoms with Crippen LogP contribution >= 0.6 is 0 Å². The zero-order valence-corrected chi connectivity index (χ0v) is 9.93. The highest BCUT2D eigenvalue weighted by Gasteiger charge is 1.99. The number of hydrogen-bond acceptors (Lipinski definition) is 2. The third kappa shape index (κ3) is 3.33. The lowest BCUT2D eigenvalue weighted by Crippen LogP contribution is -1.99. The van der Waals surface area contributed by atoms with Crippen LogP contribution in [0.15, 0.2) is 54.6 Å². The predicted molar refractivity (Wildman–Crippen MR) is 70.8 cm³/mol. The second kappa shape index (κ2) is 5.51. The summed E-state index contributed by atoms with van der Waals surface area (Å²) < 4.78 is 0. The molecule has 0 aliphatic carbocycles. The number of nitrogens with one attached hydrogen (secondary N) is 1. The van der Waals surface area contributed by atoms with Crippen molar-refractivity contribution in [3.05, 3.63) is 65.7 Å². The van der Waals surface area contributed by atoms with Crippen molar-refractivity contribution in [1.82, 2.24) is 0 Å². The summed E-state index contributed by atoms with van der Waals surface area (Å²) in [6.45, 7) is 2.58. The van der Waals surface area contributed by atoms with E-state index in [-0.39, 0.29) is 0 Å². The molecule has 2 N–H and O–H groups in total. The van der Waals surface area contributed by atoms with Gasteiger partial charge in [-0.2, -0.15) is 0 Å². The Kier molecular flexibility index (Phi) is 3.78. The molecule has 0 spiro atoms. The second-order valence-corrected chi connectivity index (χ2v) is 4.14. The maximum absolute atomic E-state index is 9.40. The van der Waals surface area contributed by atoms with Gasteiger partial charge in [0.2, 0.25) is 0 Å². The summed E-state index contributed by atoms with van der Waals surface area (Å²) in [5.41, 5.74) is 3.26. The fraction of sp³-hybridized carbons (Fsp3) is 0.200. The normalized spacial score (nSPS) is 12.1. The topological polar surface area (TPSA) is 32.3 Å². The summed E-state index contributed by atoms with van der Waals surface area (Å²) in [6.07, 6.45) is -0.404. The maximum Gasteiger partial charge on any atom is 0.0761 e. The first-order chi connectivity index (χ1) is 8.25. The van der Waals surface area contributed by atoms with Crippen molar-refractivity contribution < 1.29 is 5.11 Å². The summed E-state index contributed by atoms with van der Waals surface area (Å²) in [5, 5.41) is 12.7. The Morgan fingerprint density at radius 2 is 1.65 bits per heavy atom. The molecule has 0 saturated heterocycles. The van der Waals surface area contributed by atoms with Gasteiger partial charge < -0.3 is 10.4 Å². The summed E-state index contributed by atoms with van der Waals surface area (Å²) >= 11 is 0. The molecule has 2 nitrogen and oxygen atoms in total. The summed E-state index contributed by atoms with van der Waals surface area (Å²) in [5.74, 6) is 0. The van der Waals surface area contributed by atoms with E-state index in [1.54, 1.807) is 6.92 Å². The monoisotopic (exact) mass is 227 g/mol. The molecule has 0 aliphatic heterocycles. The van der Waals surface area contributed by atoms with Gasteiger partial charge in [-0.15, -0.1) is 0 Å². The lowest BCUT2D eigenvalue weighted by atomic mass is 10.1. The standard InChI is InChI=1S/C15H17NO/c1-12(17)14-7-9-15(10-8-14)16-11-13-5-3-2-4-6-13/h2-10,12,16-17H,11H2,1H3. The second-order valence-electron chi connectivity index (χ2n) is 4.14. The molecule has 2 heteroatoms. The van der Waals surface area contributed by atoms with E-state index in [9.17, 15) is 5.11 Å². The Hall–Kier alpha value is -1.80. The van der Waals surface area contributed by atoms with Crippen LogP contribution in [0.1, 0.15) is 24.2 Å². The van der Waals surface area contributed by atoms with Gasteiger partial charge in [-0.1, -0.05) is 42.5 Å². The van der Waals surface area contributed by atoms with E-state index < -0.39 is 6.10 Å². The Balaban J connectivity index is 1.96. The molecule has 88 valence electrons. The van der Waals surface area contributed by atoms with Crippen LogP contribution in [0.4, 0.5) is 5.69 Å². The van der Waals surface area contributed by atoms with Gasteiger partial charge in [0, 0.05) is 12.2 Å². The van der Waals surface area contributed by atoms with Crippen LogP contribution in [0.2, 0.25) is 0 Å². The van der Waals surface area contributed by atoms with E-state index >= 15 is 0 Å². The van der Waals surface area contributed by atoms with Gasteiger partial charge in [0.05, 0.1) is 6.10 Å². The quantitative estimate of drug-likeness (QED) is 0.839. The van der Waals surface area contributed by atoms with Gasteiger partial charge in [0.1, 0.15) is 0 Å². The zero-order chi connectivity index (χ0) is 12.1. The molecule has 1 unspecified atom stereocenters. The highest BCUT2D eigenvalue weighted by Crippen LogP contribution is 2.16. The van der Waals surface area contributed by atoms with Gasteiger partial charge in [-0.25, -0.2) is 0 Å². The van der Waals surface area contributed by atoms with Gasteiger partial charge in [0.15, 0.2) is 0 Å². The first-order valence-corrected chi connectivity index (χ1v) is 5.81. The first kappa shape index (κ1) is 11.7. The largest absolute Gasteiger partial charge is 0.389 e. The Labute approximate surface area is 102 Å². The van der Waals surface area contributed by atoms with E-state index in [4.69, 9.17) is 0 Å². The molecular weight excluding hydrogens is 210 g/mol. The predicted octanol–water partition coefficient (Wildman–Crippen LogP) is 3.35. The molecule has 2 aromatic carbocycles. The van der Waals surface area contributed by atoms with Crippen molar-refractivity contribution in [1.29, 1.82) is 0 Å². The van der Waals surface area contributed by atoms with Gasteiger partial charge >= 0.3 is 0 Å². The third-order valence-corrected chi connectivity index (χ3v) is 2.73. The minimum atomic E-state index is -0.404. The van der Waals surface area contributed by atoms with E-state index in [0.717, 1.165) is 17.8 Å². The summed E-state index contributed by atoms with van der Waals surface area (Å²) in [6, 6.07) is 18.1. The lowest BCUT2D eigenvalue weighted by molar-refractivity contribution is 0.199. The van der Waals surface area contributed by atoms with E-state index in [1.165, 1.54) is 5.56 Å². The van der Waals surface area contributed by atoms with Crippen molar-refractivity contribution >= 4 is 5.69 Å². The highest BCUT2D eigenvalue weighted by molar-refractivity contribution is 5.45. The molecule has 0 bridgehead atoms. The molecule has 0 amide bonds. The number of anilines is 1. The third-order valence-electron chi connectivity index (χ3n) is 2.73. The van der Waals surface area contributed by atoms with Crippen molar-refractivity contribution in [3.8, 4) is 0 Å². The molecule has 1 atom stereocenters. The minimum Gasteiger partial charge on any atom is -0.389 e. The molecule has 0 heterocycles. The fourth-order valence-electron chi connectivity index (χ4n) is 1.68. The average Bonchev–Trinajstić information content (AvgIpc) is 2.38. The summed E-state index contributed by atoms with van der Waals surface area (Å²) in [7, 11) is 0. The van der Waals surface area contributed by atoms with E-state index in [0.29, 0.717) is 0 Å². The molecule has 0 fully saturated rings. The number of aliphatic hydroxyl groups excluding tert-OH is 1. The Morgan fingerprint density at radius 1 is 1.00 bits per heavy atom. The SMILES string of the molecule is CC(O)c1ccc(NCc2ccccc2)cc1. The lowest BCUT2D eigenvalue weighted by Gasteiger charge is -2.08. The summed E-state index contributed by atoms with van der Waals surface area (Å²) in [4.78, 5) is 0. The van der Waals surface area contributed by atoms with Crippen molar-refractivity contribution in [2.24, 2.45) is 0 Å². The first-order valence-electron chi connectivity index (χ1n) is 5.81. The fourth-order valence-corrected chi connectivity index (χ4v) is 1.68. The average molecular weight is 227 g/mol. The molecule has 2 rings (SSSR count). The van der Waals surface area contributed by atoms with Crippen LogP contribution in [-0.4, -0.2) is 5.11 Å². The van der Waals surface area contributed by atoms with Crippen LogP contribution < -0.4 is 5.32 Å². The van der Waals surface area contributed by atoms with Crippen LogP contribution in [0.3, 0.4) is 0 Å². The highest BCUT2D eigenvalue weighted by atomic mass is 16.3.